The first-order valence-electron chi connectivity index (χ1n) is 26.6. The Hall–Kier alpha value is -2.29. The Kier molecular flexibility index (Phi) is 43.9. The van der Waals surface area contributed by atoms with Gasteiger partial charge in [0.25, 0.3) is 0 Å². The average Bonchev–Trinajstić information content (AvgIpc) is 3.26. The van der Waals surface area contributed by atoms with E-state index in [0.29, 0.717) is 17.4 Å². The van der Waals surface area contributed by atoms with Gasteiger partial charge in [0.1, 0.15) is 19.3 Å². The van der Waals surface area contributed by atoms with Crippen LogP contribution in [-0.2, 0) is 27.9 Å². The van der Waals surface area contributed by atoms with Crippen LogP contribution in [0.1, 0.15) is 226 Å². The Morgan fingerprint density at radius 1 is 0.554 bits per heavy atom. The molecule has 0 aromatic rings. The van der Waals surface area contributed by atoms with Crippen LogP contribution in [0.15, 0.2) is 60.8 Å². The molecule has 0 aliphatic rings. The van der Waals surface area contributed by atoms with Crippen molar-refractivity contribution in [1.29, 1.82) is 0 Å². The number of likely N-dealkylation sites (N-methyl/N-ethyl adjacent to an activating group) is 1. The van der Waals surface area contributed by atoms with Crippen molar-refractivity contribution in [2.75, 3.05) is 40.9 Å². The van der Waals surface area contributed by atoms with Crippen LogP contribution < -0.4 is 5.32 Å². The number of allylic oxidation sites excluding steroid dienone is 9. The van der Waals surface area contributed by atoms with Gasteiger partial charge in [0, 0.05) is 12.8 Å². The molecule has 0 saturated heterocycles. The Labute approximate surface area is 401 Å². The molecule has 1 amide bonds. The van der Waals surface area contributed by atoms with Gasteiger partial charge in [-0.1, -0.05) is 197 Å². The summed E-state index contributed by atoms with van der Waals surface area (Å²) in [5, 5.41) is 3.02. The first kappa shape index (κ1) is 62.7. The van der Waals surface area contributed by atoms with E-state index < -0.39 is 20.0 Å². The monoisotopic (exact) mass is 934 g/mol. The Bertz CT molecular complexity index is 1300. The summed E-state index contributed by atoms with van der Waals surface area (Å²) in [4.78, 5) is 37.4. The number of nitrogens with zero attached hydrogens (tertiary/aromatic N) is 1. The van der Waals surface area contributed by atoms with E-state index in [1.807, 2.05) is 39.4 Å². The summed E-state index contributed by atoms with van der Waals surface area (Å²) >= 11 is 0. The van der Waals surface area contributed by atoms with Crippen LogP contribution in [-0.4, -0.2) is 74.3 Å². The number of hydrogen-bond acceptors (Lipinski definition) is 6. The van der Waals surface area contributed by atoms with Crippen molar-refractivity contribution in [3.05, 3.63) is 60.8 Å². The smallest absolute Gasteiger partial charge is 0.456 e. The Morgan fingerprint density at radius 2 is 1.00 bits per heavy atom. The molecule has 0 radical (unpaired) electrons. The molecule has 378 valence electrons. The fourth-order valence-corrected chi connectivity index (χ4v) is 8.08. The van der Waals surface area contributed by atoms with Crippen molar-refractivity contribution in [2.45, 2.75) is 238 Å². The van der Waals surface area contributed by atoms with Crippen molar-refractivity contribution in [3.8, 4) is 0 Å². The van der Waals surface area contributed by atoms with Crippen LogP contribution in [0.3, 0.4) is 0 Å². The molecule has 0 saturated carbocycles. The van der Waals surface area contributed by atoms with E-state index in [4.69, 9.17) is 13.8 Å². The van der Waals surface area contributed by atoms with E-state index in [1.165, 1.54) is 96.3 Å². The summed E-state index contributed by atoms with van der Waals surface area (Å²) in [7, 11) is 1.47. The number of unbranched alkanes of at least 4 members (excludes halogenated alkanes) is 25. The second-order valence-electron chi connectivity index (χ2n) is 19.1. The molecule has 0 bridgehead atoms. The van der Waals surface area contributed by atoms with Crippen molar-refractivity contribution < 1.29 is 37.3 Å². The normalized spacial score (nSPS) is 14.4. The topological polar surface area (TPSA) is 111 Å². The lowest BCUT2D eigenvalue weighted by atomic mass is 10.1. The molecule has 0 rings (SSSR count). The SMILES string of the molecule is CC/C=C/C=C/C=C\CCCCCCCC(=O)NC(COP(=O)(O)OCC[N+](C)(C)C)C(/C=C/CCCCCCCCCCC)OC(=O)CCCCCCCCC/C=C\CCCCCC. The number of phosphoric acid groups is 1. The zero-order chi connectivity index (χ0) is 48.0. The lowest BCUT2D eigenvalue weighted by Crippen LogP contribution is -2.47. The third kappa shape index (κ3) is 46.6. The van der Waals surface area contributed by atoms with Crippen LogP contribution in [0.2, 0.25) is 0 Å². The third-order valence-corrected chi connectivity index (χ3v) is 12.5. The molecule has 0 fully saturated rings. The number of carbonyl (C=O) groups is 2. The molecule has 0 aromatic heterocycles. The molecule has 0 aliphatic carbocycles. The van der Waals surface area contributed by atoms with Gasteiger partial charge >= 0.3 is 13.8 Å². The van der Waals surface area contributed by atoms with Crippen molar-refractivity contribution >= 4 is 19.7 Å². The predicted octanol–water partition coefficient (Wildman–Crippen LogP) is 15.5. The molecule has 0 aromatic carbocycles. The number of hydrogen-bond donors (Lipinski definition) is 2. The van der Waals surface area contributed by atoms with Crippen molar-refractivity contribution in [2.24, 2.45) is 0 Å². The van der Waals surface area contributed by atoms with Gasteiger partial charge < -0.3 is 19.4 Å². The highest BCUT2D eigenvalue weighted by atomic mass is 31.2. The number of quaternary nitrogens is 1. The fraction of sp³-hybridized carbons (Fsp3) is 0.782. The minimum absolute atomic E-state index is 0.0337. The second-order valence-corrected chi connectivity index (χ2v) is 20.5. The van der Waals surface area contributed by atoms with Gasteiger partial charge in [-0.05, 0) is 76.7 Å². The highest BCUT2D eigenvalue weighted by molar-refractivity contribution is 7.47. The van der Waals surface area contributed by atoms with E-state index >= 15 is 0 Å². The van der Waals surface area contributed by atoms with Gasteiger partial charge in [-0.2, -0.15) is 0 Å². The largest absolute Gasteiger partial charge is 0.472 e. The summed E-state index contributed by atoms with van der Waals surface area (Å²) in [6, 6.07) is -0.859. The number of ether oxygens (including phenoxy) is 1. The maximum Gasteiger partial charge on any atom is 0.472 e. The van der Waals surface area contributed by atoms with Gasteiger partial charge in [0.2, 0.25) is 5.91 Å². The highest BCUT2D eigenvalue weighted by Crippen LogP contribution is 2.43. The van der Waals surface area contributed by atoms with E-state index in [-0.39, 0.29) is 31.5 Å². The molecular weight excluding hydrogens is 832 g/mol. The number of carbonyl (C=O) groups excluding carboxylic acids is 2. The quantitative estimate of drug-likeness (QED) is 0.0156. The fourth-order valence-electron chi connectivity index (χ4n) is 7.34. The van der Waals surface area contributed by atoms with Crippen LogP contribution in [0.25, 0.3) is 0 Å². The number of esters is 1. The summed E-state index contributed by atoms with van der Waals surface area (Å²) < 4.78 is 30.5. The van der Waals surface area contributed by atoms with Gasteiger partial charge in [-0.3, -0.25) is 18.6 Å². The lowest BCUT2D eigenvalue weighted by molar-refractivity contribution is -0.870. The molecule has 9 nitrogen and oxygen atoms in total. The molecule has 2 N–H and O–H groups in total. The van der Waals surface area contributed by atoms with Crippen LogP contribution in [0.5, 0.6) is 0 Å². The Balaban J connectivity index is 5.42. The van der Waals surface area contributed by atoms with E-state index in [1.54, 1.807) is 0 Å². The maximum atomic E-state index is 13.4. The molecular formula is C55H102N2O7P+. The molecule has 0 aliphatic heterocycles. The van der Waals surface area contributed by atoms with Crippen LogP contribution in [0.4, 0.5) is 0 Å². The number of rotatable bonds is 47. The summed E-state index contributed by atoms with van der Waals surface area (Å²) in [5.74, 6) is -0.537. The molecule has 65 heavy (non-hydrogen) atoms. The van der Waals surface area contributed by atoms with Gasteiger partial charge in [-0.25, -0.2) is 4.57 Å². The lowest BCUT2D eigenvalue weighted by Gasteiger charge is -2.27. The average molecular weight is 934 g/mol. The van der Waals surface area contributed by atoms with Gasteiger partial charge in [-0.15, -0.1) is 0 Å². The first-order chi connectivity index (χ1) is 31.4. The second kappa shape index (κ2) is 45.5. The molecule has 10 heteroatoms. The predicted molar refractivity (Wildman–Crippen MR) is 277 cm³/mol. The first-order valence-corrected chi connectivity index (χ1v) is 28.1. The number of amides is 1. The minimum atomic E-state index is -4.44. The Morgan fingerprint density at radius 3 is 1.52 bits per heavy atom. The molecule has 0 heterocycles. The van der Waals surface area contributed by atoms with Crippen LogP contribution in [0, 0.1) is 0 Å². The molecule has 0 spiro atoms. The zero-order valence-electron chi connectivity index (χ0n) is 43.0. The summed E-state index contributed by atoms with van der Waals surface area (Å²) in [6.45, 7) is 6.82. The minimum Gasteiger partial charge on any atom is -0.456 e. The zero-order valence-corrected chi connectivity index (χ0v) is 43.9. The maximum absolute atomic E-state index is 13.4. The van der Waals surface area contributed by atoms with Crippen molar-refractivity contribution in [3.63, 3.8) is 0 Å². The third-order valence-electron chi connectivity index (χ3n) is 11.5. The highest BCUT2D eigenvalue weighted by Gasteiger charge is 2.30. The standard InChI is InChI=1S/C55H101N2O7P/c1-7-10-13-16-19-22-25-27-28-30-33-36-39-42-45-48-55(59)64-53(46-43-40-37-34-31-24-21-18-15-12-9-3)52(51-63-65(60,61)62-50-49-57(4,5)6)56-54(58)47-44-41-38-35-32-29-26-23-20-17-14-11-8-2/h11,14,17,20,22-23,25-26,43,46,52-53H,7-10,12-13,15-16,18-19,21,24,27-42,44-45,47-51H2,1-6H3,(H-,56,58,60,61)/p+1/b14-11+,20-17+,25-22-,26-23-,46-43+. The van der Waals surface area contributed by atoms with Crippen LogP contribution >= 0.6 is 7.82 Å². The van der Waals surface area contributed by atoms with E-state index in [9.17, 15) is 19.0 Å². The number of phosphoric ester groups is 1. The van der Waals surface area contributed by atoms with E-state index in [2.05, 4.69) is 68.6 Å². The van der Waals surface area contributed by atoms with E-state index in [0.717, 1.165) is 96.3 Å². The molecule has 3 atom stereocenters. The summed E-state index contributed by atoms with van der Waals surface area (Å²) in [6.07, 6.45) is 55.0. The molecule has 3 unspecified atom stereocenters. The summed E-state index contributed by atoms with van der Waals surface area (Å²) in [5.41, 5.74) is 0. The number of nitrogens with one attached hydrogen (secondary N) is 1. The van der Waals surface area contributed by atoms with Gasteiger partial charge in [0.15, 0.2) is 0 Å². The van der Waals surface area contributed by atoms with Gasteiger partial charge in [0.05, 0.1) is 33.8 Å². The van der Waals surface area contributed by atoms with Crippen molar-refractivity contribution in [1.82, 2.24) is 5.32 Å².